The quantitative estimate of drug-likeness (QED) is 0.829. The molecule has 0 spiro atoms. The third-order valence-corrected chi connectivity index (χ3v) is 3.55. The van der Waals surface area contributed by atoms with Gasteiger partial charge in [0.2, 0.25) is 0 Å². The van der Waals surface area contributed by atoms with Crippen molar-refractivity contribution in [2.45, 2.75) is 26.2 Å². The van der Waals surface area contributed by atoms with E-state index < -0.39 is 0 Å². The summed E-state index contributed by atoms with van der Waals surface area (Å²) in [6.45, 7) is 1.90. The number of ketones is 1. The van der Waals surface area contributed by atoms with Gasteiger partial charge in [-0.15, -0.1) is 0 Å². The molecule has 4 nitrogen and oxygen atoms in total. The summed E-state index contributed by atoms with van der Waals surface area (Å²) in [6.07, 6.45) is 2.44. The van der Waals surface area contributed by atoms with Crippen LogP contribution < -0.4 is 4.74 Å². The molecule has 3 rings (SSSR count). The van der Waals surface area contributed by atoms with Crippen LogP contribution in [0.25, 0.3) is 5.69 Å². The molecule has 0 bridgehead atoms. The highest BCUT2D eigenvalue weighted by Crippen LogP contribution is 2.27. The summed E-state index contributed by atoms with van der Waals surface area (Å²) in [5.41, 5.74) is 3.61. The second-order valence-corrected chi connectivity index (χ2v) is 4.80. The number of carbonyl (C=O) groups is 1. The Balaban J connectivity index is 2.15. The Morgan fingerprint density at radius 3 is 2.95 bits per heavy atom. The molecule has 98 valence electrons. The minimum absolute atomic E-state index is 0.216. The minimum atomic E-state index is 0.216. The van der Waals surface area contributed by atoms with E-state index in [1.54, 1.807) is 7.11 Å². The highest BCUT2D eigenvalue weighted by atomic mass is 16.5. The monoisotopic (exact) mass is 256 g/mol. The highest BCUT2D eigenvalue weighted by molar-refractivity contribution is 5.99. The first-order chi connectivity index (χ1) is 9.20. The molecular formula is C15H16N2O2. The van der Waals surface area contributed by atoms with E-state index in [4.69, 9.17) is 4.74 Å². The van der Waals surface area contributed by atoms with Gasteiger partial charge in [0.1, 0.15) is 5.75 Å². The van der Waals surface area contributed by atoms with Crippen LogP contribution in [-0.2, 0) is 6.42 Å². The van der Waals surface area contributed by atoms with Crippen LogP contribution in [0.15, 0.2) is 24.3 Å². The summed E-state index contributed by atoms with van der Waals surface area (Å²) in [6, 6.07) is 7.75. The first-order valence-corrected chi connectivity index (χ1v) is 6.47. The van der Waals surface area contributed by atoms with Gasteiger partial charge in [-0.2, -0.15) is 5.10 Å². The summed E-state index contributed by atoms with van der Waals surface area (Å²) < 4.78 is 7.12. The molecule has 4 heteroatoms. The van der Waals surface area contributed by atoms with Gasteiger partial charge in [0.25, 0.3) is 0 Å². The van der Waals surface area contributed by atoms with E-state index in [1.165, 1.54) is 0 Å². The number of carbonyl (C=O) groups excluding carboxylic acids is 1. The molecule has 1 aromatic heterocycles. The smallest absolute Gasteiger partial charge is 0.166 e. The van der Waals surface area contributed by atoms with Crippen molar-refractivity contribution < 1.29 is 9.53 Å². The second kappa shape index (κ2) is 4.53. The molecule has 2 aromatic rings. The molecule has 1 heterocycles. The van der Waals surface area contributed by atoms with E-state index in [0.29, 0.717) is 6.42 Å². The van der Waals surface area contributed by atoms with E-state index in [1.807, 2.05) is 35.9 Å². The predicted octanol–water partition coefficient (Wildman–Crippen LogP) is 2.71. The molecule has 0 radical (unpaired) electrons. The molecule has 0 aliphatic heterocycles. The molecule has 0 saturated heterocycles. The van der Waals surface area contributed by atoms with Gasteiger partial charge in [0, 0.05) is 12.5 Å². The van der Waals surface area contributed by atoms with Crippen molar-refractivity contribution in [3.8, 4) is 11.4 Å². The summed E-state index contributed by atoms with van der Waals surface area (Å²) in [5.74, 6) is 1.01. The molecule has 0 unspecified atom stereocenters. The lowest BCUT2D eigenvalue weighted by Gasteiger charge is -2.13. The van der Waals surface area contributed by atoms with Crippen molar-refractivity contribution >= 4 is 5.78 Å². The van der Waals surface area contributed by atoms with Crippen LogP contribution in [0.2, 0.25) is 0 Å². The fraction of sp³-hybridized carbons (Fsp3) is 0.333. The lowest BCUT2D eigenvalue weighted by Crippen LogP contribution is -2.13. The van der Waals surface area contributed by atoms with Crippen LogP contribution in [0.1, 0.15) is 34.6 Å². The van der Waals surface area contributed by atoms with Crippen LogP contribution in [0, 0.1) is 6.92 Å². The third-order valence-electron chi connectivity index (χ3n) is 3.55. The topological polar surface area (TPSA) is 44.1 Å². The molecule has 1 aliphatic rings. The molecule has 0 amide bonds. The van der Waals surface area contributed by atoms with E-state index in [0.717, 1.165) is 41.2 Å². The van der Waals surface area contributed by atoms with Gasteiger partial charge in [0.15, 0.2) is 5.78 Å². The third kappa shape index (κ3) is 1.93. The van der Waals surface area contributed by atoms with Crippen molar-refractivity contribution in [2.75, 3.05) is 7.11 Å². The Kier molecular flexibility index (Phi) is 2.85. The zero-order chi connectivity index (χ0) is 13.4. The fourth-order valence-corrected chi connectivity index (χ4v) is 2.67. The Labute approximate surface area is 112 Å². The van der Waals surface area contributed by atoms with E-state index in [2.05, 4.69) is 5.10 Å². The van der Waals surface area contributed by atoms with Gasteiger partial charge in [-0.05, 0) is 31.9 Å². The van der Waals surface area contributed by atoms with Crippen molar-refractivity contribution in [2.24, 2.45) is 0 Å². The normalized spacial score (nSPS) is 14.3. The Morgan fingerprint density at radius 2 is 2.16 bits per heavy atom. The van der Waals surface area contributed by atoms with Gasteiger partial charge in [-0.25, -0.2) is 4.68 Å². The maximum atomic E-state index is 12.0. The Morgan fingerprint density at radius 1 is 1.32 bits per heavy atom. The number of aromatic nitrogens is 2. The Bertz CT molecular complexity index is 644. The van der Waals surface area contributed by atoms with Crippen molar-refractivity contribution in [1.82, 2.24) is 9.78 Å². The number of hydrogen-bond acceptors (Lipinski definition) is 3. The molecule has 0 N–H and O–H groups in total. The number of ether oxygens (including phenoxy) is 1. The minimum Gasteiger partial charge on any atom is -0.497 e. The van der Waals surface area contributed by atoms with Crippen LogP contribution >= 0.6 is 0 Å². The zero-order valence-corrected chi connectivity index (χ0v) is 11.1. The van der Waals surface area contributed by atoms with E-state index in [9.17, 15) is 4.79 Å². The maximum absolute atomic E-state index is 12.0. The highest BCUT2D eigenvalue weighted by Gasteiger charge is 2.25. The number of Topliss-reactive ketones (excluding diaryl/α,β-unsaturated/α-hetero) is 1. The van der Waals surface area contributed by atoms with Crippen LogP contribution in [0.4, 0.5) is 0 Å². The summed E-state index contributed by atoms with van der Waals surface area (Å²) >= 11 is 0. The van der Waals surface area contributed by atoms with Gasteiger partial charge < -0.3 is 4.74 Å². The number of nitrogens with zero attached hydrogens (tertiary/aromatic N) is 2. The molecule has 0 saturated carbocycles. The number of aryl methyl sites for hydroxylation is 1. The summed E-state index contributed by atoms with van der Waals surface area (Å²) in [7, 11) is 1.65. The molecule has 0 atom stereocenters. The van der Waals surface area contributed by atoms with Crippen molar-refractivity contribution in [1.29, 1.82) is 0 Å². The van der Waals surface area contributed by atoms with Crippen LogP contribution in [-0.4, -0.2) is 22.7 Å². The molecule has 1 aliphatic carbocycles. The van der Waals surface area contributed by atoms with Crippen molar-refractivity contribution in [3.05, 3.63) is 41.2 Å². The summed E-state index contributed by atoms with van der Waals surface area (Å²) in [5, 5.41) is 4.53. The second-order valence-electron chi connectivity index (χ2n) is 4.80. The van der Waals surface area contributed by atoms with Gasteiger partial charge >= 0.3 is 0 Å². The SMILES string of the molecule is COc1cccc(-n2nc(C)c3c2CCCC3=O)c1. The zero-order valence-electron chi connectivity index (χ0n) is 11.1. The number of methoxy groups -OCH3 is 1. The van der Waals surface area contributed by atoms with E-state index in [-0.39, 0.29) is 5.78 Å². The number of benzene rings is 1. The molecule has 19 heavy (non-hydrogen) atoms. The van der Waals surface area contributed by atoms with Crippen LogP contribution in [0.5, 0.6) is 5.75 Å². The lowest BCUT2D eigenvalue weighted by molar-refractivity contribution is 0.0971. The fourth-order valence-electron chi connectivity index (χ4n) is 2.67. The molecular weight excluding hydrogens is 240 g/mol. The molecule has 1 aromatic carbocycles. The number of hydrogen-bond donors (Lipinski definition) is 0. The average molecular weight is 256 g/mol. The first-order valence-electron chi connectivity index (χ1n) is 6.47. The Hall–Kier alpha value is -2.10. The molecule has 0 fully saturated rings. The van der Waals surface area contributed by atoms with Gasteiger partial charge in [0.05, 0.1) is 29.7 Å². The largest absolute Gasteiger partial charge is 0.497 e. The maximum Gasteiger partial charge on any atom is 0.166 e. The van der Waals surface area contributed by atoms with E-state index >= 15 is 0 Å². The summed E-state index contributed by atoms with van der Waals surface area (Å²) in [4.78, 5) is 12.0. The van der Waals surface area contributed by atoms with Gasteiger partial charge in [-0.3, -0.25) is 4.79 Å². The lowest BCUT2D eigenvalue weighted by atomic mass is 9.94. The standard InChI is InChI=1S/C15H16N2O2/c1-10-15-13(7-4-8-14(15)18)17(16-10)11-5-3-6-12(9-11)19-2/h3,5-6,9H,4,7-8H2,1-2H3. The average Bonchev–Trinajstić information content (AvgIpc) is 2.78. The van der Waals surface area contributed by atoms with Gasteiger partial charge in [-0.1, -0.05) is 6.07 Å². The van der Waals surface area contributed by atoms with Crippen LogP contribution in [0.3, 0.4) is 0 Å². The van der Waals surface area contributed by atoms with Crippen molar-refractivity contribution in [3.63, 3.8) is 0 Å². The number of fused-ring (bicyclic) bond motifs is 1. The number of rotatable bonds is 2. The first kappa shape index (κ1) is 12.0. The predicted molar refractivity (Wildman–Crippen MR) is 72.1 cm³/mol.